The van der Waals surface area contributed by atoms with Gasteiger partial charge in [0.15, 0.2) is 0 Å². The fraction of sp³-hybridized carbons (Fsp3) is 0.318. The van der Waals surface area contributed by atoms with Gasteiger partial charge in [-0.05, 0) is 50.2 Å². The molecule has 2 aromatic carbocycles. The van der Waals surface area contributed by atoms with Crippen molar-refractivity contribution in [1.29, 1.82) is 0 Å². The Morgan fingerprint density at radius 1 is 0.969 bits per heavy atom. The number of imide groups is 1. The second-order valence-electron chi connectivity index (χ2n) is 7.89. The van der Waals surface area contributed by atoms with Gasteiger partial charge in [-0.15, -0.1) is 0 Å². The Labute approximate surface area is 186 Å². The molecule has 0 bridgehead atoms. The fourth-order valence-electron chi connectivity index (χ4n) is 3.91. The van der Waals surface area contributed by atoms with Crippen molar-refractivity contribution in [1.82, 2.24) is 9.21 Å². The maximum Gasteiger partial charge on any atom is 0.262 e. The first-order valence-corrected chi connectivity index (χ1v) is 11.6. The van der Waals surface area contributed by atoms with Crippen molar-refractivity contribution >= 4 is 33.4 Å². The Bertz CT molecular complexity index is 1130. The first kappa shape index (κ1) is 22.1. The summed E-state index contributed by atoms with van der Waals surface area (Å²) in [5.41, 5.74) is 0.896. The molecule has 1 N–H and O–H groups in total. The molecule has 9 nitrogen and oxygen atoms in total. The second kappa shape index (κ2) is 8.45. The number of nitrogens with one attached hydrogen (secondary N) is 1. The van der Waals surface area contributed by atoms with Crippen molar-refractivity contribution in [3.63, 3.8) is 0 Å². The van der Waals surface area contributed by atoms with Crippen LogP contribution in [0.5, 0.6) is 0 Å². The Hall–Kier alpha value is -3.08. The number of rotatable bonds is 5. The van der Waals surface area contributed by atoms with Crippen molar-refractivity contribution in [3.05, 3.63) is 59.7 Å². The first-order chi connectivity index (χ1) is 15.2. The largest absolute Gasteiger partial charge is 0.373 e. The van der Waals surface area contributed by atoms with E-state index in [-0.39, 0.29) is 41.3 Å². The summed E-state index contributed by atoms with van der Waals surface area (Å²) in [7, 11) is -3.69. The lowest BCUT2D eigenvalue weighted by Gasteiger charge is -2.34. The molecule has 168 valence electrons. The number of hydrogen-bond donors (Lipinski definition) is 1. The summed E-state index contributed by atoms with van der Waals surface area (Å²) < 4.78 is 32.8. The predicted molar refractivity (Wildman–Crippen MR) is 116 cm³/mol. The zero-order valence-electron chi connectivity index (χ0n) is 17.6. The maximum absolute atomic E-state index is 12.9. The number of carbonyl (C=O) groups excluding carboxylic acids is 3. The van der Waals surface area contributed by atoms with Crippen LogP contribution in [0, 0.1) is 0 Å². The number of benzene rings is 2. The molecule has 0 spiro atoms. The lowest BCUT2D eigenvalue weighted by molar-refractivity contribution is -0.116. The van der Waals surface area contributed by atoms with Crippen molar-refractivity contribution in [3.8, 4) is 0 Å². The highest BCUT2D eigenvalue weighted by atomic mass is 32.2. The quantitative estimate of drug-likeness (QED) is 0.684. The van der Waals surface area contributed by atoms with Crippen LogP contribution >= 0.6 is 0 Å². The molecular formula is C22H23N3O6S. The molecule has 2 aliphatic heterocycles. The number of morpholine rings is 1. The molecule has 0 saturated carbocycles. The number of nitrogens with zero attached hydrogens (tertiary/aromatic N) is 2. The molecule has 2 atom stereocenters. The summed E-state index contributed by atoms with van der Waals surface area (Å²) >= 11 is 0. The van der Waals surface area contributed by atoms with E-state index in [0.717, 1.165) is 4.90 Å². The molecule has 2 aliphatic rings. The molecule has 32 heavy (non-hydrogen) atoms. The van der Waals surface area contributed by atoms with E-state index in [4.69, 9.17) is 4.74 Å². The van der Waals surface area contributed by atoms with Crippen molar-refractivity contribution in [2.75, 3.05) is 25.0 Å². The Kier molecular flexibility index (Phi) is 5.85. The van der Waals surface area contributed by atoms with Crippen LogP contribution in [-0.4, -0.2) is 67.2 Å². The van der Waals surface area contributed by atoms with Crippen molar-refractivity contribution in [2.45, 2.75) is 31.0 Å². The van der Waals surface area contributed by atoms with Crippen LogP contribution in [0.15, 0.2) is 53.4 Å². The summed E-state index contributed by atoms with van der Waals surface area (Å²) in [6.45, 7) is 3.75. The van der Waals surface area contributed by atoms with Gasteiger partial charge in [-0.1, -0.05) is 12.1 Å². The van der Waals surface area contributed by atoms with E-state index in [9.17, 15) is 22.8 Å². The monoisotopic (exact) mass is 457 g/mol. The summed E-state index contributed by atoms with van der Waals surface area (Å²) in [5, 5.41) is 2.60. The molecule has 1 fully saturated rings. The smallest absolute Gasteiger partial charge is 0.262 e. The van der Waals surface area contributed by atoms with E-state index in [1.54, 1.807) is 24.3 Å². The van der Waals surface area contributed by atoms with Gasteiger partial charge in [-0.25, -0.2) is 8.42 Å². The molecule has 4 rings (SSSR count). The van der Waals surface area contributed by atoms with Gasteiger partial charge < -0.3 is 10.1 Å². The van der Waals surface area contributed by atoms with Gasteiger partial charge in [0.05, 0.1) is 28.2 Å². The van der Waals surface area contributed by atoms with Crippen LogP contribution in [0.2, 0.25) is 0 Å². The average molecular weight is 458 g/mol. The van der Waals surface area contributed by atoms with Gasteiger partial charge in [0.2, 0.25) is 15.9 Å². The molecule has 3 amide bonds. The molecular weight excluding hydrogens is 434 g/mol. The number of fused-ring (bicyclic) bond motifs is 1. The summed E-state index contributed by atoms with van der Waals surface area (Å²) in [5.74, 6) is -1.60. The molecule has 0 aliphatic carbocycles. The topological polar surface area (TPSA) is 113 Å². The average Bonchev–Trinajstić information content (AvgIpc) is 2.98. The maximum atomic E-state index is 12.9. The molecule has 10 heteroatoms. The second-order valence-corrected chi connectivity index (χ2v) is 9.83. The number of carbonyl (C=O) groups is 3. The number of anilines is 1. The predicted octanol–water partition coefficient (Wildman–Crippen LogP) is 1.72. The molecule has 2 heterocycles. The lowest BCUT2D eigenvalue weighted by atomic mass is 10.1. The van der Waals surface area contributed by atoms with Gasteiger partial charge >= 0.3 is 0 Å². The highest BCUT2D eigenvalue weighted by Gasteiger charge is 2.36. The lowest BCUT2D eigenvalue weighted by Crippen LogP contribution is -2.48. The van der Waals surface area contributed by atoms with Gasteiger partial charge in [0, 0.05) is 18.8 Å². The van der Waals surface area contributed by atoms with E-state index in [2.05, 4.69) is 5.32 Å². The minimum absolute atomic E-state index is 0.108. The van der Waals surface area contributed by atoms with E-state index >= 15 is 0 Å². The molecule has 0 radical (unpaired) electrons. The van der Waals surface area contributed by atoms with Crippen LogP contribution in [0.25, 0.3) is 0 Å². The number of amides is 3. The normalized spacial score (nSPS) is 21.5. The Morgan fingerprint density at radius 3 is 2.03 bits per heavy atom. The summed E-state index contributed by atoms with van der Waals surface area (Å²) in [6.07, 6.45) is -0.400. The van der Waals surface area contributed by atoms with Crippen LogP contribution in [-0.2, 0) is 19.6 Å². The minimum atomic E-state index is -3.69. The van der Waals surface area contributed by atoms with Gasteiger partial charge in [-0.2, -0.15) is 4.31 Å². The third kappa shape index (κ3) is 4.16. The van der Waals surface area contributed by atoms with E-state index in [1.165, 1.54) is 28.6 Å². The minimum Gasteiger partial charge on any atom is -0.373 e. The van der Waals surface area contributed by atoms with Crippen LogP contribution in [0.1, 0.15) is 34.6 Å². The van der Waals surface area contributed by atoms with E-state index in [0.29, 0.717) is 5.69 Å². The molecule has 0 aromatic heterocycles. The van der Waals surface area contributed by atoms with Crippen molar-refractivity contribution < 1.29 is 27.5 Å². The SMILES string of the molecule is C[C@@H]1CN(S(=O)(=O)c2ccc(NC(=O)CN3C(=O)c4ccccc4C3=O)cc2)C[C@H](C)O1. The van der Waals surface area contributed by atoms with E-state index < -0.39 is 34.3 Å². The fourth-order valence-corrected chi connectivity index (χ4v) is 5.50. The zero-order valence-corrected chi connectivity index (χ0v) is 18.5. The van der Waals surface area contributed by atoms with Crippen LogP contribution in [0.3, 0.4) is 0 Å². The molecule has 2 aromatic rings. The van der Waals surface area contributed by atoms with Crippen LogP contribution < -0.4 is 5.32 Å². The van der Waals surface area contributed by atoms with Crippen LogP contribution in [0.4, 0.5) is 5.69 Å². The first-order valence-electron chi connectivity index (χ1n) is 10.2. The summed E-state index contributed by atoms with van der Waals surface area (Å²) in [4.78, 5) is 38.2. The number of sulfonamides is 1. The molecule has 1 saturated heterocycles. The van der Waals surface area contributed by atoms with Gasteiger partial charge in [0.25, 0.3) is 11.8 Å². The van der Waals surface area contributed by atoms with E-state index in [1.807, 2.05) is 13.8 Å². The number of ether oxygens (including phenoxy) is 1. The summed E-state index contributed by atoms with van der Waals surface area (Å²) in [6, 6.07) is 12.2. The van der Waals surface area contributed by atoms with Gasteiger partial charge in [0.1, 0.15) is 6.54 Å². The molecule has 0 unspecified atom stereocenters. The number of hydrogen-bond acceptors (Lipinski definition) is 6. The highest BCUT2D eigenvalue weighted by molar-refractivity contribution is 7.89. The Morgan fingerprint density at radius 2 is 1.50 bits per heavy atom. The van der Waals surface area contributed by atoms with Gasteiger partial charge in [-0.3, -0.25) is 19.3 Å². The zero-order chi connectivity index (χ0) is 23.0. The third-order valence-corrected chi connectivity index (χ3v) is 7.19. The third-order valence-electron chi connectivity index (χ3n) is 5.34. The van der Waals surface area contributed by atoms with Crippen molar-refractivity contribution in [2.24, 2.45) is 0 Å². The standard InChI is InChI=1S/C22H23N3O6S/c1-14-11-24(12-15(2)31-14)32(29,30)17-9-7-16(8-10-17)23-20(26)13-25-21(27)18-5-3-4-6-19(18)22(25)28/h3-10,14-15H,11-13H2,1-2H3,(H,23,26)/t14-,15+. The highest BCUT2D eigenvalue weighted by Crippen LogP contribution is 2.24. The Balaban J connectivity index is 1.41.